The number of nitrogens with two attached hydrogens (primary N) is 1. The first-order valence-corrected chi connectivity index (χ1v) is 15.7. The van der Waals surface area contributed by atoms with Gasteiger partial charge in [-0.3, -0.25) is 14.4 Å². The van der Waals surface area contributed by atoms with Gasteiger partial charge in [-0.2, -0.15) is 4.99 Å². The van der Waals surface area contributed by atoms with Gasteiger partial charge < -0.3 is 37.3 Å². The number of benzene rings is 1. The van der Waals surface area contributed by atoms with Crippen LogP contribution in [0.4, 0.5) is 4.79 Å². The third kappa shape index (κ3) is 15.0. The molecule has 1 fully saturated rings. The number of ether oxygens (including phenoxy) is 1. The number of thioether (sulfide) groups is 1. The van der Waals surface area contributed by atoms with E-state index in [2.05, 4.69) is 20.9 Å². The molecule has 13 heteroatoms. The minimum absolute atomic E-state index is 0. The van der Waals surface area contributed by atoms with Crippen molar-refractivity contribution in [3.8, 4) is 0 Å². The van der Waals surface area contributed by atoms with Crippen LogP contribution in [-0.2, 0) is 25.7 Å². The van der Waals surface area contributed by atoms with Crippen molar-refractivity contribution >= 4 is 46.8 Å². The number of amides is 4. The summed E-state index contributed by atoms with van der Waals surface area (Å²) in [4.78, 5) is 54.1. The number of alkyl carbamates (subject to hydrolysis) is 1. The molecule has 0 aliphatic heterocycles. The zero-order valence-electron chi connectivity index (χ0n) is 25.0. The standard InChI is InChI=1S/C30H46N6O5S.H2O/c1-2-11-25(34-21-37)24(18-22-12-5-3-6-13-22)27(38)35-26(28(39)36-29(32)42-20-31)16-9-10-17-33-30(40)41-19-23-14-7-4-8-15-23;/h4,7-8,14-15,20-22,24-26,31H,2-3,5-6,9-13,16-19H2,1H3,(H,33,40)(H,34,37)(H,35,38)(H2,32,36,39);1H2/t24-,25+,26+;/m1./s1. The lowest BCUT2D eigenvalue weighted by Gasteiger charge is -2.31. The maximum Gasteiger partial charge on any atom is 0.407 e. The Morgan fingerprint density at radius 2 is 1.86 bits per heavy atom. The van der Waals surface area contributed by atoms with Crippen LogP contribution in [0.2, 0.25) is 0 Å². The Labute approximate surface area is 258 Å². The quantitative estimate of drug-likeness (QED) is 0.0714. The SMILES string of the molecule is CCC[C@H](NC=O)[C@@H](CC1CCCCC1)C(=O)N[C@@H](CCCCNC(=O)OCc1ccccc1)C(=O)N=C(N)SC=N.O. The van der Waals surface area contributed by atoms with Gasteiger partial charge in [0.05, 0.1) is 11.5 Å². The number of carbonyl (C=O) groups excluding carboxylic acids is 4. The highest BCUT2D eigenvalue weighted by Gasteiger charge is 2.33. The summed E-state index contributed by atoms with van der Waals surface area (Å²) in [5.74, 6) is -0.978. The molecule has 1 aromatic rings. The van der Waals surface area contributed by atoms with Crippen molar-refractivity contribution in [1.29, 1.82) is 5.41 Å². The molecule has 43 heavy (non-hydrogen) atoms. The van der Waals surface area contributed by atoms with E-state index in [0.717, 1.165) is 55.0 Å². The molecule has 1 aliphatic rings. The van der Waals surface area contributed by atoms with E-state index in [-0.39, 0.29) is 35.6 Å². The van der Waals surface area contributed by atoms with Crippen molar-refractivity contribution in [1.82, 2.24) is 16.0 Å². The molecule has 1 aromatic carbocycles. The van der Waals surface area contributed by atoms with Crippen LogP contribution in [0.1, 0.15) is 83.1 Å². The van der Waals surface area contributed by atoms with Crippen LogP contribution in [0.3, 0.4) is 0 Å². The van der Waals surface area contributed by atoms with Crippen LogP contribution in [0.25, 0.3) is 0 Å². The van der Waals surface area contributed by atoms with Gasteiger partial charge in [0.2, 0.25) is 12.3 Å². The number of rotatable bonds is 18. The lowest BCUT2D eigenvalue weighted by atomic mass is 9.79. The van der Waals surface area contributed by atoms with Crippen LogP contribution in [0.15, 0.2) is 35.3 Å². The van der Waals surface area contributed by atoms with Crippen molar-refractivity contribution in [3.05, 3.63) is 35.9 Å². The lowest BCUT2D eigenvalue weighted by Crippen LogP contribution is -2.50. The molecule has 0 unspecified atom stereocenters. The molecule has 0 spiro atoms. The van der Waals surface area contributed by atoms with Crippen LogP contribution in [0.5, 0.6) is 0 Å². The molecular weight excluding hydrogens is 572 g/mol. The molecule has 4 amide bonds. The maximum absolute atomic E-state index is 13.7. The Kier molecular flexibility index (Phi) is 19.3. The third-order valence-corrected chi connectivity index (χ3v) is 7.88. The van der Waals surface area contributed by atoms with E-state index in [9.17, 15) is 19.2 Å². The molecule has 0 aromatic heterocycles. The summed E-state index contributed by atoms with van der Waals surface area (Å²) in [5.41, 5.74) is 7.62. The Morgan fingerprint density at radius 1 is 1.14 bits per heavy atom. The Balaban J connectivity index is 0.00000924. The van der Waals surface area contributed by atoms with E-state index >= 15 is 0 Å². The lowest BCUT2D eigenvalue weighted by molar-refractivity contribution is -0.131. The molecule has 0 heterocycles. The number of hydrogen-bond acceptors (Lipinski definition) is 7. The second-order valence-electron chi connectivity index (χ2n) is 10.6. The summed E-state index contributed by atoms with van der Waals surface area (Å²) in [7, 11) is 0. The van der Waals surface area contributed by atoms with E-state index in [1.807, 2.05) is 37.3 Å². The van der Waals surface area contributed by atoms with Gasteiger partial charge >= 0.3 is 6.09 Å². The number of carbonyl (C=O) groups is 4. The fourth-order valence-electron chi connectivity index (χ4n) is 5.28. The van der Waals surface area contributed by atoms with Crippen LogP contribution in [0, 0.1) is 17.2 Å². The van der Waals surface area contributed by atoms with Crippen LogP contribution in [-0.4, -0.2) is 59.1 Å². The largest absolute Gasteiger partial charge is 0.445 e. The number of nitrogens with one attached hydrogen (secondary N) is 4. The second kappa shape index (κ2) is 22.1. The van der Waals surface area contributed by atoms with E-state index in [1.54, 1.807) is 0 Å². The van der Waals surface area contributed by atoms with Crippen molar-refractivity contribution in [2.45, 2.75) is 96.2 Å². The summed E-state index contributed by atoms with van der Waals surface area (Å²) in [6.07, 6.45) is 9.10. The fourth-order valence-corrected chi connectivity index (χ4v) is 5.55. The van der Waals surface area contributed by atoms with E-state index < -0.39 is 24.0 Å². The van der Waals surface area contributed by atoms with Crippen LogP contribution < -0.4 is 21.7 Å². The van der Waals surface area contributed by atoms with E-state index in [0.29, 0.717) is 44.6 Å². The highest BCUT2D eigenvalue weighted by Crippen LogP contribution is 2.31. The Hall–Kier alpha value is -3.45. The first-order valence-electron chi connectivity index (χ1n) is 14.9. The number of aliphatic imine (C=N–C) groups is 1. The predicted octanol–water partition coefficient (Wildman–Crippen LogP) is 3.43. The van der Waals surface area contributed by atoms with Gasteiger partial charge in [0.25, 0.3) is 5.91 Å². The predicted molar refractivity (Wildman–Crippen MR) is 170 cm³/mol. The van der Waals surface area contributed by atoms with Crippen LogP contribution >= 0.6 is 11.8 Å². The van der Waals surface area contributed by atoms with Gasteiger partial charge in [0.1, 0.15) is 12.6 Å². The average molecular weight is 621 g/mol. The highest BCUT2D eigenvalue weighted by molar-refractivity contribution is 8.24. The van der Waals surface area contributed by atoms with Gasteiger partial charge in [-0.1, -0.05) is 75.8 Å². The summed E-state index contributed by atoms with van der Waals surface area (Å²) in [6, 6.07) is 8.10. The van der Waals surface area contributed by atoms with Crippen molar-refractivity contribution in [2.24, 2.45) is 22.6 Å². The number of amidine groups is 1. The summed E-state index contributed by atoms with van der Waals surface area (Å²) in [6.45, 7) is 2.51. The highest BCUT2D eigenvalue weighted by atomic mass is 32.2. The Morgan fingerprint density at radius 3 is 2.51 bits per heavy atom. The monoisotopic (exact) mass is 620 g/mol. The van der Waals surface area contributed by atoms with Crippen molar-refractivity contribution in [3.63, 3.8) is 0 Å². The molecule has 12 nitrogen and oxygen atoms in total. The summed E-state index contributed by atoms with van der Waals surface area (Å²) < 4.78 is 5.22. The molecular formula is C30H48N6O6S. The molecule has 1 aliphatic carbocycles. The first-order chi connectivity index (χ1) is 20.4. The minimum atomic E-state index is -0.931. The van der Waals surface area contributed by atoms with Gasteiger partial charge in [0, 0.05) is 12.6 Å². The molecule has 3 atom stereocenters. The third-order valence-electron chi connectivity index (χ3n) is 7.43. The number of nitrogens with zero attached hydrogens (tertiary/aromatic N) is 1. The minimum Gasteiger partial charge on any atom is -0.445 e. The molecule has 240 valence electrons. The molecule has 8 N–H and O–H groups in total. The zero-order chi connectivity index (χ0) is 30.6. The first kappa shape index (κ1) is 37.6. The molecule has 0 saturated heterocycles. The smallest absolute Gasteiger partial charge is 0.407 e. The molecule has 1 saturated carbocycles. The maximum atomic E-state index is 13.7. The van der Waals surface area contributed by atoms with Crippen molar-refractivity contribution < 1.29 is 29.4 Å². The molecule has 0 radical (unpaired) electrons. The number of hydrogen-bond donors (Lipinski definition) is 5. The van der Waals surface area contributed by atoms with Crippen molar-refractivity contribution in [2.75, 3.05) is 6.54 Å². The van der Waals surface area contributed by atoms with Gasteiger partial charge in [0.15, 0.2) is 5.17 Å². The Bertz CT molecular complexity index is 1020. The zero-order valence-corrected chi connectivity index (χ0v) is 25.8. The molecule has 0 bridgehead atoms. The van der Waals surface area contributed by atoms with Gasteiger partial charge in [-0.05, 0) is 55.3 Å². The van der Waals surface area contributed by atoms with Gasteiger partial charge in [-0.15, -0.1) is 0 Å². The average Bonchev–Trinajstić information content (AvgIpc) is 2.99. The second-order valence-corrected chi connectivity index (χ2v) is 11.5. The summed E-state index contributed by atoms with van der Waals surface area (Å²) in [5, 5.41) is 15.6. The van der Waals surface area contributed by atoms with Gasteiger partial charge in [-0.25, -0.2) is 4.79 Å². The normalized spacial score (nSPS) is 15.6. The summed E-state index contributed by atoms with van der Waals surface area (Å²) >= 11 is 0.807. The topological polar surface area (TPSA) is 207 Å². The van der Waals surface area contributed by atoms with E-state index in [4.69, 9.17) is 15.9 Å². The number of unbranched alkanes of at least 4 members (excludes halogenated alkanes) is 1. The van der Waals surface area contributed by atoms with E-state index in [1.165, 1.54) is 6.42 Å². The molecule has 2 rings (SSSR count). The fraction of sp³-hybridized carbons (Fsp3) is 0.600.